The summed E-state index contributed by atoms with van der Waals surface area (Å²) in [5.41, 5.74) is 1.49. The molecule has 1 saturated heterocycles. The van der Waals surface area contributed by atoms with Crippen molar-refractivity contribution in [2.24, 2.45) is 5.92 Å². The van der Waals surface area contributed by atoms with Crippen molar-refractivity contribution >= 4 is 11.7 Å². The van der Waals surface area contributed by atoms with Crippen molar-refractivity contribution in [3.05, 3.63) is 17.1 Å². The molecule has 3 heterocycles. The van der Waals surface area contributed by atoms with Crippen molar-refractivity contribution in [2.75, 3.05) is 31.6 Å². The maximum atomic E-state index is 12.0. The van der Waals surface area contributed by atoms with Gasteiger partial charge in [-0.05, 0) is 25.2 Å². The summed E-state index contributed by atoms with van der Waals surface area (Å²) in [4.78, 5) is 21.2. The summed E-state index contributed by atoms with van der Waals surface area (Å²) in [5.74, 6) is 2.31. The zero-order valence-corrected chi connectivity index (χ0v) is 13.3. The van der Waals surface area contributed by atoms with Crippen LogP contribution in [0, 0.1) is 5.92 Å². The van der Waals surface area contributed by atoms with Crippen molar-refractivity contribution in [2.45, 2.75) is 39.0 Å². The third kappa shape index (κ3) is 3.21. The van der Waals surface area contributed by atoms with Crippen LogP contribution in [0.3, 0.4) is 0 Å². The van der Waals surface area contributed by atoms with Gasteiger partial charge in [-0.2, -0.15) is 0 Å². The third-order valence-corrected chi connectivity index (χ3v) is 4.29. The first-order valence-corrected chi connectivity index (χ1v) is 8.15. The quantitative estimate of drug-likeness (QED) is 0.866. The average Bonchev–Trinajstić information content (AvgIpc) is 3.01. The largest absolute Gasteiger partial charge is 0.381 e. The van der Waals surface area contributed by atoms with Crippen molar-refractivity contribution in [1.82, 2.24) is 15.3 Å². The Balaban J connectivity index is 1.77. The Bertz CT molecular complexity index is 553. The molecular weight excluding hydrogens is 280 g/mol. The van der Waals surface area contributed by atoms with E-state index in [2.05, 4.69) is 20.6 Å². The molecule has 0 saturated carbocycles. The van der Waals surface area contributed by atoms with Gasteiger partial charge in [-0.25, -0.2) is 9.97 Å². The Morgan fingerprint density at radius 1 is 1.41 bits per heavy atom. The molecule has 120 valence electrons. The summed E-state index contributed by atoms with van der Waals surface area (Å²) < 4.78 is 5.41. The first-order valence-electron chi connectivity index (χ1n) is 8.15. The second kappa shape index (κ2) is 6.60. The lowest BCUT2D eigenvalue weighted by atomic mass is 10.0. The number of hydrogen-bond acceptors (Lipinski definition) is 5. The SMILES string of the molecule is CC(C)c1nc(NCCC2CCOC2)c2c(n1)C(=O)NCC2. The molecule has 22 heavy (non-hydrogen) atoms. The van der Waals surface area contributed by atoms with E-state index in [1.165, 1.54) is 0 Å². The minimum absolute atomic E-state index is 0.0854. The molecule has 2 aliphatic heterocycles. The van der Waals surface area contributed by atoms with Gasteiger partial charge in [0.2, 0.25) is 0 Å². The maximum Gasteiger partial charge on any atom is 0.270 e. The fourth-order valence-electron chi connectivity index (χ4n) is 2.92. The van der Waals surface area contributed by atoms with Crippen LogP contribution in [-0.4, -0.2) is 42.2 Å². The molecule has 2 N–H and O–H groups in total. The second-order valence-electron chi connectivity index (χ2n) is 6.36. The van der Waals surface area contributed by atoms with Crippen LogP contribution in [0.15, 0.2) is 0 Å². The van der Waals surface area contributed by atoms with Crippen molar-refractivity contribution in [3.8, 4) is 0 Å². The smallest absolute Gasteiger partial charge is 0.270 e. The van der Waals surface area contributed by atoms with E-state index in [0.29, 0.717) is 18.2 Å². The van der Waals surface area contributed by atoms with Crippen LogP contribution in [0.1, 0.15) is 54.5 Å². The van der Waals surface area contributed by atoms with Crippen LogP contribution < -0.4 is 10.6 Å². The van der Waals surface area contributed by atoms with Crippen LogP contribution in [0.25, 0.3) is 0 Å². The summed E-state index contributed by atoms with van der Waals surface area (Å²) in [7, 11) is 0. The molecule has 6 nitrogen and oxygen atoms in total. The van der Waals surface area contributed by atoms with Crippen molar-refractivity contribution < 1.29 is 9.53 Å². The highest BCUT2D eigenvalue weighted by molar-refractivity contribution is 5.96. The van der Waals surface area contributed by atoms with E-state index in [4.69, 9.17) is 4.74 Å². The van der Waals surface area contributed by atoms with Gasteiger partial charge in [-0.3, -0.25) is 4.79 Å². The van der Waals surface area contributed by atoms with Crippen LogP contribution >= 0.6 is 0 Å². The van der Waals surface area contributed by atoms with Gasteiger partial charge in [0.25, 0.3) is 5.91 Å². The molecule has 1 unspecified atom stereocenters. The van der Waals surface area contributed by atoms with E-state index in [9.17, 15) is 4.79 Å². The summed E-state index contributed by atoms with van der Waals surface area (Å²) in [6.45, 7) is 7.34. The van der Waals surface area contributed by atoms with E-state index >= 15 is 0 Å². The molecule has 2 aliphatic rings. The number of carbonyl (C=O) groups excluding carboxylic acids is 1. The average molecular weight is 304 g/mol. The monoisotopic (exact) mass is 304 g/mol. The predicted molar refractivity (Wildman–Crippen MR) is 84.2 cm³/mol. The Morgan fingerprint density at radius 2 is 2.27 bits per heavy atom. The minimum Gasteiger partial charge on any atom is -0.381 e. The minimum atomic E-state index is -0.0854. The standard InChI is InChI=1S/C16H24N4O2/c1-10(2)14-19-13-12(4-7-18-16(13)21)15(20-14)17-6-3-11-5-8-22-9-11/h10-11H,3-9H2,1-2H3,(H,18,21)(H,17,19,20). The zero-order chi connectivity index (χ0) is 15.5. The second-order valence-corrected chi connectivity index (χ2v) is 6.36. The van der Waals surface area contributed by atoms with Gasteiger partial charge in [0.05, 0.1) is 0 Å². The molecule has 0 spiro atoms. The number of hydrogen-bond donors (Lipinski definition) is 2. The highest BCUT2D eigenvalue weighted by Gasteiger charge is 2.24. The molecule has 0 radical (unpaired) electrons. The number of rotatable bonds is 5. The molecule has 1 aromatic heterocycles. The lowest BCUT2D eigenvalue weighted by Gasteiger charge is -2.21. The predicted octanol–water partition coefficient (Wildman–Crippen LogP) is 1.72. The zero-order valence-electron chi connectivity index (χ0n) is 13.3. The van der Waals surface area contributed by atoms with Gasteiger partial charge in [-0.1, -0.05) is 13.8 Å². The Hall–Kier alpha value is -1.69. The summed E-state index contributed by atoms with van der Waals surface area (Å²) >= 11 is 0. The number of ether oxygens (including phenoxy) is 1. The number of anilines is 1. The molecule has 0 bridgehead atoms. The van der Waals surface area contributed by atoms with E-state index in [0.717, 1.165) is 56.2 Å². The molecule has 3 rings (SSSR count). The Morgan fingerprint density at radius 3 is 3.00 bits per heavy atom. The molecule has 6 heteroatoms. The highest BCUT2D eigenvalue weighted by atomic mass is 16.5. The van der Waals surface area contributed by atoms with E-state index in [-0.39, 0.29) is 11.8 Å². The summed E-state index contributed by atoms with van der Waals surface area (Å²) in [6, 6.07) is 0. The number of nitrogens with one attached hydrogen (secondary N) is 2. The normalized spacial score (nSPS) is 20.9. The molecular formula is C16H24N4O2. The molecule has 1 fully saturated rings. The number of amides is 1. The molecule has 1 aromatic rings. The maximum absolute atomic E-state index is 12.0. The number of aromatic nitrogens is 2. The Kier molecular flexibility index (Phi) is 4.57. The molecule has 0 aliphatic carbocycles. The Labute approximate surface area is 131 Å². The van der Waals surface area contributed by atoms with Crippen molar-refractivity contribution in [3.63, 3.8) is 0 Å². The molecule has 1 amide bonds. The van der Waals surface area contributed by atoms with Crippen molar-refractivity contribution in [1.29, 1.82) is 0 Å². The summed E-state index contributed by atoms with van der Waals surface area (Å²) in [5, 5.41) is 6.29. The highest BCUT2D eigenvalue weighted by Crippen LogP contribution is 2.24. The number of carbonyl (C=O) groups is 1. The fourth-order valence-corrected chi connectivity index (χ4v) is 2.92. The number of fused-ring (bicyclic) bond motifs is 1. The van der Waals surface area contributed by atoms with E-state index in [1.807, 2.05) is 13.8 Å². The lowest BCUT2D eigenvalue weighted by molar-refractivity contribution is 0.0940. The van der Waals surface area contributed by atoms with Crippen LogP contribution in [0.4, 0.5) is 5.82 Å². The first kappa shape index (κ1) is 15.2. The van der Waals surface area contributed by atoms with Gasteiger partial charge in [0.15, 0.2) is 0 Å². The molecule has 0 aromatic carbocycles. The van der Waals surface area contributed by atoms with Gasteiger partial charge >= 0.3 is 0 Å². The van der Waals surface area contributed by atoms with Gasteiger partial charge in [0, 0.05) is 37.8 Å². The topological polar surface area (TPSA) is 76.1 Å². The third-order valence-electron chi connectivity index (χ3n) is 4.29. The molecule has 1 atom stereocenters. The van der Waals surface area contributed by atoms with Crippen LogP contribution in [-0.2, 0) is 11.2 Å². The van der Waals surface area contributed by atoms with Gasteiger partial charge in [-0.15, -0.1) is 0 Å². The summed E-state index contributed by atoms with van der Waals surface area (Å²) in [6.07, 6.45) is 3.00. The van der Waals surface area contributed by atoms with Gasteiger partial charge in [0.1, 0.15) is 17.3 Å². The van der Waals surface area contributed by atoms with E-state index in [1.54, 1.807) is 0 Å². The fraction of sp³-hybridized carbons (Fsp3) is 0.688. The van der Waals surface area contributed by atoms with Gasteiger partial charge < -0.3 is 15.4 Å². The number of nitrogens with zero attached hydrogens (tertiary/aromatic N) is 2. The van der Waals surface area contributed by atoms with E-state index < -0.39 is 0 Å². The van der Waals surface area contributed by atoms with Crippen LogP contribution in [0.2, 0.25) is 0 Å². The van der Waals surface area contributed by atoms with Crippen LogP contribution in [0.5, 0.6) is 0 Å². The first-order chi connectivity index (χ1) is 10.6. The lowest BCUT2D eigenvalue weighted by Crippen LogP contribution is -2.34.